The third-order valence-electron chi connectivity index (χ3n) is 10.6. The van der Waals surface area contributed by atoms with Crippen molar-refractivity contribution in [2.75, 3.05) is 0 Å². The minimum absolute atomic E-state index is 0.235. The molecule has 3 heterocycles. The van der Waals surface area contributed by atoms with E-state index in [2.05, 4.69) is 0 Å². The summed E-state index contributed by atoms with van der Waals surface area (Å²) in [6.07, 6.45) is 14.3. The summed E-state index contributed by atoms with van der Waals surface area (Å²) in [6, 6.07) is 1.75. The van der Waals surface area contributed by atoms with Crippen LogP contribution in [0.3, 0.4) is 0 Å². The van der Waals surface area contributed by atoms with Gasteiger partial charge in [-0.15, -0.1) is 0 Å². The highest BCUT2D eigenvalue weighted by Crippen LogP contribution is 2.30. The Morgan fingerprint density at radius 1 is 0.367 bits per heavy atom. The zero-order valence-electron chi connectivity index (χ0n) is 31.9. The molecule has 60 heavy (non-hydrogen) atoms. The van der Waals surface area contributed by atoms with Crippen LogP contribution in [0.15, 0.2) is 74.4 Å². The van der Waals surface area contributed by atoms with Crippen LogP contribution >= 0.6 is 0 Å². The summed E-state index contributed by atoms with van der Waals surface area (Å²) < 4.78 is 177. The van der Waals surface area contributed by atoms with Gasteiger partial charge in [-0.3, -0.25) is 0 Å². The Bertz CT molecular complexity index is 2480. The molecule has 0 aliphatic carbocycles. The van der Waals surface area contributed by atoms with E-state index >= 15 is 0 Å². The molecule has 0 unspecified atom stereocenters. The van der Waals surface area contributed by atoms with Crippen LogP contribution in [0.4, 0.5) is 52.7 Å². The van der Waals surface area contributed by atoms with Crippen LogP contribution in [0.1, 0.15) is 50.1 Å². The minimum Gasteiger partial charge on any atom is -0.233 e. The zero-order valence-corrected chi connectivity index (χ0v) is 31.9. The summed E-state index contributed by atoms with van der Waals surface area (Å²) in [4.78, 5) is 0. The summed E-state index contributed by atoms with van der Waals surface area (Å²) in [5.74, 6) is -20.7. The maximum Gasteiger partial charge on any atom is 0.244 e. The van der Waals surface area contributed by atoms with E-state index in [1.807, 2.05) is 20.8 Å². The summed E-state index contributed by atoms with van der Waals surface area (Å²) in [5, 5.41) is 0. The van der Waals surface area contributed by atoms with Crippen molar-refractivity contribution in [1.29, 1.82) is 0 Å². The molecule has 0 amide bonds. The van der Waals surface area contributed by atoms with Gasteiger partial charge in [0.15, 0.2) is 69.8 Å². The number of nitrogens with zero attached hydrogens (tertiary/aromatic N) is 6. The second-order valence-electron chi connectivity index (χ2n) is 14.5. The largest absolute Gasteiger partial charge is 0.244 e. The molecule has 3 aromatic heterocycles. The molecule has 4 aromatic carbocycles. The molecule has 0 N–H and O–H groups in total. The predicted molar refractivity (Wildman–Crippen MR) is 188 cm³/mol. The van der Waals surface area contributed by atoms with E-state index in [1.54, 1.807) is 69.9 Å². The maximum atomic E-state index is 14.5. The number of halogens is 12. The third kappa shape index (κ3) is 8.01. The van der Waals surface area contributed by atoms with Crippen molar-refractivity contribution in [3.8, 4) is 0 Å². The molecule has 312 valence electrons. The predicted octanol–water partition coefficient (Wildman–Crippen LogP) is 7.84. The van der Waals surface area contributed by atoms with Crippen molar-refractivity contribution in [2.24, 2.45) is 0 Å². The van der Waals surface area contributed by atoms with Crippen molar-refractivity contribution < 1.29 is 66.4 Å². The van der Waals surface area contributed by atoms with E-state index in [0.717, 1.165) is 33.4 Å². The standard InChI is InChI=1S/C42H33F12N6/c1-22-28(16-58-7-4-55(19-58)13-25-10-31(43)37(49)40(52)34(25)46)23(2)30(18-60-9-6-57(21-60)15-27-12-33(45)39(51)42(54)36(27)48)24(3)29(22)17-59-8-5-56(20-59)14-26-11-32(44)38(50)41(53)35(26)47/h4-12,19-21H,13-18H2,1-3H3/q+3. The van der Waals surface area contributed by atoms with Gasteiger partial charge < -0.3 is 0 Å². The van der Waals surface area contributed by atoms with E-state index in [9.17, 15) is 52.7 Å². The van der Waals surface area contributed by atoms with Crippen molar-refractivity contribution in [2.45, 2.75) is 60.0 Å². The lowest BCUT2D eigenvalue weighted by molar-refractivity contribution is -0.688. The summed E-state index contributed by atoms with van der Waals surface area (Å²) in [5.41, 5.74) is 3.78. The highest BCUT2D eigenvalue weighted by molar-refractivity contribution is 5.51. The zero-order chi connectivity index (χ0) is 43.3. The van der Waals surface area contributed by atoms with Gasteiger partial charge >= 0.3 is 0 Å². The average Bonchev–Trinajstić information content (AvgIpc) is 3.99. The Hall–Kier alpha value is -6.33. The first-order chi connectivity index (χ1) is 28.4. The fraction of sp³-hybridized carbons (Fsp3) is 0.214. The molecule has 6 nitrogen and oxygen atoms in total. The number of aromatic nitrogens is 6. The highest BCUT2D eigenvalue weighted by Gasteiger charge is 2.26. The molecular weight excluding hydrogens is 816 g/mol. The Balaban J connectivity index is 1.22. The molecule has 0 bridgehead atoms. The number of imidazole rings is 3. The van der Waals surface area contributed by atoms with E-state index in [0.29, 0.717) is 18.2 Å². The molecule has 0 fully saturated rings. The van der Waals surface area contributed by atoms with Crippen molar-refractivity contribution in [1.82, 2.24) is 13.7 Å². The number of hydrogen-bond acceptors (Lipinski definition) is 0. The lowest BCUT2D eigenvalue weighted by Crippen LogP contribution is -2.32. The fourth-order valence-corrected chi connectivity index (χ4v) is 7.33. The van der Waals surface area contributed by atoms with Gasteiger partial charge in [-0.05, 0) is 55.7 Å². The molecule has 0 saturated carbocycles. The Morgan fingerprint density at radius 2 is 0.617 bits per heavy atom. The first-order valence-corrected chi connectivity index (χ1v) is 18.1. The molecule has 0 radical (unpaired) electrons. The molecule has 7 rings (SSSR count). The molecule has 7 aromatic rings. The Labute approximate surface area is 334 Å². The van der Waals surface area contributed by atoms with Crippen molar-refractivity contribution in [3.05, 3.63) is 194 Å². The number of rotatable bonds is 12. The van der Waals surface area contributed by atoms with Crippen LogP contribution in [0.2, 0.25) is 0 Å². The quantitative estimate of drug-likeness (QED) is 0.0519. The molecule has 18 heteroatoms. The molecule has 0 aliphatic rings. The smallest absolute Gasteiger partial charge is 0.233 e. The summed E-state index contributed by atoms with van der Waals surface area (Å²) >= 11 is 0. The van der Waals surface area contributed by atoms with Gasteiger partial charge in [0.05, 0.1) is 0 Å². The first-order valence-electron chi connectivity index (χ1n) is 18.1. The van der Waals surface area contributed by atoms with Crippen molar-refractivity contribution in [3.63, 3.8) is 0 Å². The van der Waals surface area contributed by atoms with Crippen LogP contribution in [-0.2, 0) is 39.3 Å². The van der Waals surface area contributed by atoms with E-state index < -0.39 is 86.5 Å². The highest BCUT2D eigenvalue weighted by atomic mass is 19.2. The molecule has 0 spiro atoms. The van der Waals surface area contributed by atoms with Gasteiger partial charge in [0, 0.05) is 33.4 Å². The fourth-order valence-electron chi connectivity index (χ4n) is 7.33. The van der Waals surface area contributed by atoms with Crippen LogP contribution in [0, 0.1) is 90.6 Å². The molecule has 0 atom stereocenters. The van der Waals surface area contributed by atoms with Gasteiger partial charge in [-0.2, -0.15) is 0 Å². The molecule has 0 aliphatic heterocycles. The third-order valence-corrected chi connectivity index (χ3v) is 10.6. The molecular formula is C42H33F12N6+3. The van der Waals surface area contributed by atoms with Gasteiger partial charge in [-0.25, -0.2) is 80.1 Å². The van der Waals surface area contributed by atoms with Gasteiger partial charge in [0.1, 0.15) is 76.4 Å². The number of benzene rings is 4. The van der Waals surface area contributed by atoms with E-state index in [1.165, 1.54) is 13.7 Å². The van der Waals surface area contributed by atoms with Crippen LogP contribution in [0.5, 0.6) is 0 Å². The second kappa shape index (κ2) is 16.4. The van der Waals surface area contributed by atoms with Crippen LogP contribution in [-0.4, -0.2) is 13.7 Å². The van der Waals surface area contributed by atoms with Gasteiger partial charge in [-0.1, -0.05) is 0 Å². The first kappa shape index (κ1) is 41.8. The van der Waals surface area contributed by atoms with Crippen LogP contribution < -0.4 is 13.7 Å². The van der Waals surface area contributed by atoms with Crippen molar-refractivity contribution >= 4 is 0 Å². The van der Waals surface area contributed by atoms with E-state index in [4.69, 9.17) is 0 Å². The average molecular weight is 850 g/mol. The Morgan fingerprint density at radius 3 is 0.867 bits per heavy atom. The SMILES string of the molecule is Cc1c(Cn2cc[n+](Cc3cc(F)c(F)c(F)c3F)c2)c(C)c(Cn2cc[n+](Cc3cc(F)c(F)c(F)c3F)c2)c(C)c1Cn1cc[n+](Cc2cc(F)c(F)c(F)c2F)c1. The summed E-state index contributed by atoms with van der Waals surface area (Å²) in [7, 11) is 0. The lowest BCUT2D eigenvalue weighted by Gasteiger charge is -2.20. The normalized spacial score (nSPS) is 11.7. The minimum atomic E-state index is -1.92. The van der Waals surface area contributed by atoms with E-state index in [-0.39, 0.29) is 39.3 Å². The lowest BCUT2D eigenvalue weighted by atomic mass is 9.87. The maximum absolute atomic E-state index is 14.5. The monoisotopic (exact) mass is 849 g/mol. The summed E-state index contributed by atoms with van der Waals surface area (Å²) in [6.45, 7) is 5.41. The van der Waals surface area contributed by atoms with Gasteiger partial charge in [0.25, 0.3) is 0 Å². The second-order valence-corrected chi connectivity index (χ2v) is 14.5. The number of hydrogen-bond donors (Lipinski definition) is 0. The topological polar surface area (TPSA) is 26.4 Å². The Kier molecular flexibility index (Phi) is 11.4. The molecule has 0 saturated heterocycles. The van der Waals surface area contributed by atoms with Gasteiger partial charge in [0.2, 0.25) is 19.0 Å². The van der Waals surface area contributed by atoms with Crippen LogP contribution in [0.25, 0.3) is 0 Å².